The van der Waals surface area contributed by atoms with Crippen LogP contribution in [0.4, 0.5) is 0 Å². The molecular weight excluding hydrogens is 436 g/mol. The Kier molecular flexibility index (Phi) is 5.29. The number of rotatable bonds is 4. The fourth-order valence-corrected chi connectivity index (χ4v) is 6.00. The van der Waals surface area contributed by atoms with Gasteiger partial charge in [-0.05, 0) is 56.4 Å². The second kappa shape index (κ2) is 8.15. The van der Waals surface area contributed by atoms with E-state index in [-0.39, 0.29) is 10.5 Å². The van der Waals surface area contributed by atoms with Crippen molar-refractivity contribution in [1.82, 2.24) is 9.29 Å². The van der Waals surface area contributed by atoms with Gasteiger partial charge in [0.15, 0.2) is 0 Å². The van der Waals surface area contributed by atoms with E-state index in [9.17, 15) is 18.0 Å². The first-order chi connectivity index (χ1) is 15.9. The quantitative estimate of drug-likeness (QED) is 0.582. The minimum Gasteiger partial charge on any atom is -0.288 e. The largest absolute Gasteiger partial charge is 0.288 e. The van der Waals surface area contributed by atoms with Gasteiger partial charge in [0.1, 0.15) is 0 Å². The van der Waals surface area contributed by atoms with Crippen molar-refractivity contribution in [3.8, 4) is 0 Å². The van der Waals surface area contributed by atoms with E-state index in [2.05, 4.69) is 5.32 Å². The van der Waals surface area contributed by atoms with Crippen LogP contribution in [0.25, 0.3) is 16.5 Å². The van der Waals surface area contributed by atoms with Crippen molar-refractivity contribution in [1.29, 1.82) is 0 Å². The molecule has 33 heavy (non-hydrogen) atoms. The van der Waals surface area contributed by atoms with Crippen molar-refractivity contribution < 1.29 is 18.0 Å². The lowest BCUT2D eigenvalue weighted by atomic mass is 9.93. The number of fused-ring (bicyclic) bond motifs is 1. The number of hydrogen-bond acceptors (Lipinski definition) is 4. The third-order valence-electron chi connectivity index (χ3n) is 6.32. The van der Waals surface area contributed by atoms with Crippen molar-refractivity contribution in [3.63, 3.8) is 0 Å². The number of benzene rings is 2. The molecule has 5 rings (SSSR count). The Balaban J connectivity index is 1.76. The molecule has 0 fully saturated rings. The first-order valence-corrected chi connectivity index (χ1v) is 12.5. The number of nitrogens with one attached hydrogen (secondary N) is 1. The van der Waals surface area contributed by atoms with Crippen LogP contribution in [0.3, 0.4) is 0 Å². The number of para-hydroxylation sites is 1. The monoisotopic (exact) mass is 460 g/mol. The van der Waals surface area contributed by atoms with Gasteiger partial charge in [-0.25, -0.2) is 12.4 Å². The van der Waals surface area contributed by atoms with Crippen LogP contribution in [0.5, 0.6) is 0 Å². The summed E-state index contributed by atoms with van der Waals surface area (Å²) in [6, 6.07) is 13.7. The molecule has 3 aromatic rings. The molecule has 6 nitrogen and oxygen atoms in total. The van der Waals surface area contributed by atoms with Gasteiger partial charge in [0.05, 0.1) is 21.6 Å². The Morgan fingerprint density at radius 3 is 2.39 bits per heavy atom. The van der Waals surface area contributed by atoms with Gasteiger partial charge in [0, 0.05) is 17.1 Å². The molecule has 1 N–H and O–H groups in total. The number of aromatic nitrogens is 1. The molecule has 168 valence electrons. The van der Waals surface area contributed by atoms with Crippen LogP contribution >= 0.6 is 0 Å². The second-order valence-corrected chi connectivity index (χ2v) is 10.4. The molecule has 0 radical (unpaired) electrons. The number of carbonyl (C=O) groups is 2. The maximum Gasteiger partial charge on any atom is 0.268 e. The summed E-state index contributed by atoms with van der Waals surface area (Å²) in [5.74, 6) is -0.905. The Labute approximate surface area is 192 Å². The van der Waals surface area contributed by atoms with Gasteiger partial charge < -0.3 is 0 Å². The molecule has 0 unspecified atom stereocenters. The molecule has 1 aliphatic carbocycles. The summed E-state index contributed by atoms with van der Waals surface area (Å²) in [6.07, 6.45) is 8.18. The van der Waals surface area contributed by atoms with Crippen molar-refractivity contribution in [3.05, 3.63) is 83.1 Å². The number of carbonyl (C=O) groups excluding carboxylic acids is 2. The highest BCUT2D eigenvalue weighted by Crippen LogP contribution is 2.37. The third kappa shape index (κ3) is 3.62. The van der Waals surface area contributed by atoms with Crippen LogP contribution in [0.15, 0.2) is 76.8 Å². The van der Waals surface area contributed by atoms with Crippen LogP contribution in [0, 0.1) is 6.92 Å². The number of amides is 2. The zero-order chi connectivity index (χ0) is 23.2. The fourth-order valence-electron chi connectivity index (χ4n) is 4.63. The topological polar surface area (TPSA) is 85.2 Å². The van der Waals surface area contributed by atoms with Crippen LogP contribution in [0.2, 0.25) is 0 Å². The predicted molar refractivity (Wildman–Crippen MR) is 127 cm³/mol. The molecular formula is C26H24N2O4S. The van der Waals surface area contributed by atoms with Crippen LogP contribution in [-0.4, -0.2) is 24.2 Å². The highest BCUT2D eigenvalue weighted by Gasteiger charge is 2.35. The third-order valence-corrected chi connectivity index (χ3v) is 8.01. The minimum absolute atomic E-state index is 0.160. The fraction of sp³-hybridized carbons (Fsp3) is 0.231. The molecule has 1 aromatic heterocycles. The van der Waals surface area contributed by atoms with Crippen molar-refractivity contribution >= 4 is 38.3 Å². The Morgan fingerprint density at radius 1 is 0.879 bits per heavy atom. The maximum absolute atomic E-state index is 13.5. The second-order valence-electron chi connectivity index (χ2n) is 8.54. The molecule has 7 heteroatoms. The molecule has 2 heterocycles. The lowest BCUT2D eigenvalue weighted by molar-refractivity contribution is -0.123. The van der Waals surface area contributed by atoms with Gasteiger partial charge in [-0.1, -0.05) is 48.4 Å². The van der Waals surface area contributed by atoms with E-state index in [1.54, 1.807) is 48.5 Å². The summed E-state index contributed by atoms with van der Waals surface area (Å²) in [7, 11) is -3.91. The van der Waals surface area contributed by atoms with Crippen molar-refractivity contribution in [2.45, 2.75) is 43.9 Å². The van der Waals surface area contributed by atoms with Crippen LogP contribution in [-0.2, 0) is 19.6 Å². The van der Waals surface area contributed by atoms with Gasteiger partial charge >= 0.3 is 0 Å². The minimum atomic E-state index is -3.91. The lowest BCUT2D eigenvalue weighted by Crippen LogP contribution is -2.23. The summed E-state index contributed by atoms with van der Waals surface area (Å²) < 4.78 is 28.3. The first-order valence-electron chi connectivity index (χ1n) is 11.1. The normalized spacial score (nSPS) is 17.3. The number of hydrogen-bond donors (Lipinski definition) is 1. The summed E-state index contributed by atoms with van der Waals surface area (Å²) >= 11 is 0. The summed E-state index contributed by atoms with van der Waals surface area (Å²) in [5, 5.41) is 3.04. The average Bonchev–Trinajstić information content (AvgIpc) is 3.18. The molecule has 1 aliphatic heterocycles. The van der Waals surface area contributed by atoms with Crippen molar-refractivity contribution in [2.75, 3.05) is 0 Å². The summed E-state index contributed by atoms with van der Waals surface area (Å²) in [4.78, 5) is 25.9. The first kappa shape index (κ1) is 21.4. The van der Waals surface area contributed by atoms with E-state index in [0.717, 1.165) is 43.2 Å². The average molecular weight is 461 g/mol. The highest BCUT2D eigenvalue weighted by atomic mass is 32.2. The van der Waals surface area contributed by atoms with E-state index in [0.29, 0.717) is 22.0 Å². The predicted octanol–water partition coefficient (Wildman–Crippen LogP) is 4.49. The van der Waals surface area contributed by atoms with Gasteiger partial charge in [-0.15, -0.1) is 0 Å². The van der Waals surface area contributed by atoms with Crippen LogP contribution < -0.4 is 5.32 Å². The van der Waals surface area contributed by atoms with Gasteiger partial charge in [0.25, 0.3) is 21.8 Å². The zero-order valence-electron chi connectivity index (χ0n) is 18.3. The van der Waals surface area contributed by atoms with E-state index in [1.165, 1.54) is 10.2 Å². The Bertz CT molecular complexity index is 1460. The van der Waals surface area contributed by atoms with Gasteiger partial charge in [0.2, 0.25) is 0 Å². The summed E-state index contributed by atoms with van der Waals surface area (Å²) in [6.45, 7) is 1.89. The zero-order valence-corrected chi connectivity index (χ0v) is 19.1. The Hall–Kier alpha value is -3.45. The number of nitrogens with zero attached hydrogens (tertiary/aromatic N) is 1. The maximum atomic E-state index is 13.5. The van der Waals surface area contributed by atoms with E-state index >= 15 is 0 Å². The summed E-state index contributed by atoms with van der Waals surface area (Å²) in [5.41, 5.74) is 3.36. The molecule has 0 saturated heterocycles. The van der Waals surface area contributed by atoms with E-state index in [1.807, 2.05) is 13.0 Å². The Morgan fingerprint density at radius 2 is 1.61 bits per heavy atom. The van der Waals surface area contributed by atoms with Crippen LogP contribution in [0.1, 0.15) is 43.2 Å². The lowest BCUT2D eigenvalue weighted by Gasteiger charge is -2.08. The molecule has 2 aromatic carbocycles. The molecule has 0 saturated carbocycles. The number of imide groups is 1. The smallest absolute Gasteiger partial charge is 0.268 e. The van der Waals surface area contributed by atoms with E-state index in [4.69, 9.17) is 0 Å². The number of aryl methyl sites for hydroxylation is 1. The van der Waals surface area contributed by atoms with Gasteiger partial charge in [-0.3, -0.25) is 14.9 Å². The molecule has 2 amide bonds. The molecule has 0 atom stereocenters. The molecule has 0 spiro atoms. The highest BCUT2D eigenvalue weighted by molar-refractivity contribution is 7.90. The van der Waals surface area contributed by atoms with Gasteiger partial charge in [-0.2, -0.15) is 0 Å². The van der Waals surface area contributed by atoms with Crippen molar-refractivity contribution in [2.24, 2.45) is 0 Å². The standard InChI is InChI=1S/C26H24N2O4S/c1-17-12-14-19(15-13-17)33(31,32)28-16-21(20-10-6-7-11-22(20)28)24-23(25(29)27-26(24)30)18-8-4-2-3-5-9-18/h6-8,10-16H,2-5,9H2,1H3,(H,27,29,30). The molecule has 0 bridgehead atoms. The number of allylic oxidation sites excluding steroid dienone is 1. The molecule has 2 aliphatic rings. The van der Waals surface area contributed by atoms with E-state index < -0.39 is 21.8 Å². The SMILES string of the molecule is Cc1ccc(S(=O)(=O)n2cc(C3=C(C4=CCCCCC4)C(=O)NC3=O)c3ccccc32)cc1.